The van der Waals surface area contributed by atoms with Crippen LogP contribution in [-0.4, -0.2) is 75.2 Å². The minimum Gasteiger partial charge on any atom is -0.356 e. The average Bonchev–Trinajstić information content (AvgIpc) is 2.53. The van der Waals surface area contributed by atoms with Gasteiger partial charge in [-0.3, -0.25) is 9.89 Å². The molecule has 0 aromatic carbocycles. The van der Waals surface area contributed by atoms with Crippen LogP contribution in [0, 0.1) is 5.92 Å². The molecule has 0 amide bonds. The van der Waals surface area contributed by atoms with Gasteiger partial charge in [-0.05, 0) is 45.2 Å². The van der Waals surface area contributed by atoms with Crippen molar-refractivity contribution in [2.24, 2.45) is 10.9 Å². The summed E-state index contributed by atoms with van der Waals surface area (Å²) in [5.41, 5.74) is 0. The Labute approximate surface area is 159 Å². The zero-order valence-corrected chi connectivity index (χ0v) is 17.1. The molecule has 0 aliphatic carbocycles. The summed E-state index contributed by atoms with van der Waals surface area (Å²) in [7, 11) is 4.09. The van der Waals surface area contributed by atoms with Gasteiger partial charge in [0.05, 0.1) is 0 Å². The summed E-state index contributed by atoms with van der Waals surface area (Å²) in [5.74, 6) is 1.71. The zero-order chi connectivity index (χ0) is 15.8. The van der Waals surface area contributed by atoms with Crippen molar-refractivity contribution in [3.63, 3.8) is 0 Å². The van der Waals surface area contributed by atoms with Gasteiger partial charge >= 0.3 is 0 Å². The quantitative estimate of drug-likeness (QED) is 0.299. The minimum atomic E-state index is 0. The Hall–Kier alpha value is -0.340. The Bertz CT molecular complexity index is 366. The zero-order valence-electron chi connectivity index (χ0n) is 14.8. The number of likely N-dealkylation sites (tertiary alicyclic amines) is 2. The van der Waals surface area contributed by atoms with Crippen LogP contribution in [0.2, 0.25) is 0 Å². The fraction of sp³-hybridized carbons (Fsp3) is 0.824. The lowest BCUT2D eigenvalue weighted by molar-refractivity contribution is 0.209. The molecule has 134 valence electrons. The second kappa shape index (κ2) is 11.3. The Balaban J connectivity index is 0.00000264. The fourth-order valence-corrected chi connectivity index (χ4v) is 3.51. The third-order valence-electron chi connectivity index (χ3n) is 4.82. The first-order chi connectivity index (χ1) is 10.7. The van der Waals surface area contributed by atoms with Crippen LogP contribution in [0.5, 0.6) is 0 Å². The lowest BCUT2D eigenvalue weighted by atomic mass is 9.98. The monoisotopic (exact) mass is 435 g/mol. The molecule has 0 saturated carbocycles. The van der Waals surface area contributed by atoms with Crippen molar-refractivity contribution >= 4 is 29.9 Å². The maximum atomic E-state index is 4.39. The van der Waals surface area contributed by atoms with Gasteiger partial charge in [-0.15, -0.1) is 30.6 Å². The van der Waals surface area contributed by atoms with Crippen LogP contribution in [0.3, 0.4) is 0 Å². The highest BCUT2D eigenvalue weighted by Crippen LogP contribution is 2.14. The summed E-state index contributed by atoms with van der Waals surface area (Å²) in [4.78, 5) is 9.28. The van der Waals surface area contributed by atoms with E-state index in [1.165, 1.54) is 38.8 Å². The second-order valence-corrected chi connectivity index (χ2v) is 6.73. The molecular formula is C17H34IN5. The third-order valence-corrected chi connectivity index (χ3v) is 4.82. The smallest absolute Gasteiger partial charge is 0.191 e. The predicted octanol–water partition coefficient (Wildman–Crippen LogP) is 1.76. The molecule has 6 heteroatoms. The van der Waals surface area contributed by atoms with Gasteiger partial charge in [-0.1, -0.05) is 6.08 Å². The van der Waals surface area contributed by atoms with Gasteiger partial charge < -0.3 is 15.5 Å². The average molecular weight is 435 g/mol. The van der Waals surface area contributed by atoms with Crippen molar-refractivity contribution < 1.29 is 0 Å². The summed E-state index contributed by atoms with van der Waals surface area (Å²) in [5, 5.41) is 7.12. The molecule has 2 aliphatic rings. The van der Waals surface area contributed by atoms with Crippen molar-refractivity contribution in [1.82, 2.24) is 20.4 Å². The first kappa shape index (κ1) is 20.7. The molecule has 0 aromatic heterocycles. The topological polar surface area (TPSA) is 42.9 Å². The molecule has 5 nitrogen and oxygen atoms in total. The SMILES string of the molecule is C=CCN1CCC(NC(=NC)NCC2CCCN(C)C2)CC1.I. The van der Waals surface area contributed by atoms with E-state index in [4.69, 9.17) is 0 Å². The highest BCUT2D eigenvalue weighted by molar-refractivity contribution is 14.0. The van der Waals surface area contributed by atoms with Crippen molar-refractivity contribution in [3.8, 4) is 0 Å². The fourth-order valence-electron chi connectivity index (χ4n) is 3.51. The first-order valence-electron chi connectivity index (χ1n) is 8.70. The molecule has 2 aliphatic heterocycles. The highest BCUT2D eigenvalue weighted by Gasteiger charge is 2.20. The number of nitrogens with one attached hydrogen (secondary N) is 2. The standard InChI is InChI=1S/C17H33N5.HI/c1-4-9-22-11-7-16(8-12-22)20-17(18-2)19-13-15-6-5-10-21(3)14-15;/h4,15-16H,1,5-14H2,2-3H3,(H2,18,19,20);1H. The Morgan fingerprint density at radius 2 is 2.00 bits per heavy atom. The molecule has 0 spiro atoms. The van der Waals surface area contributed by atoms with Gasteiger partial charge in [0, 0.05) is 45.8 Å². The van der Waals surface area contributed by atoms with Gasteiger partial charge in [0.15, 0.2) is 5.96 Å². The van der Waals surface area contributed by atoms with E-state index in [0.717, 1.165) is 38.1 Å². The van der Waals surface area contributed by atoms with Crippen LogP contribution >= 0.6 is 24.0 Å². The van der Waals surface area contributed by atoms with E-state index in [1.807, 2.05) is 13.1 Å². The number of piperidine rings is 2. The summed E-state index contributed by atoms with van der Waals surface area (Å²) < 4.78 is 0. The van der Waals surface area contributed by atoms with E-state index in [-0.39, 0.29) is 24.0 Å². The normalized spacial score (nSPS) is 24.8. The Kier molecular flexibility index (Phi) is 10.1. The molecule has 1 atom stereocenters. The molecule has 1 unspecified atom stereocenters. The molecule has 2 heterocycles. The Morgan fingerprint density at radius 3 is 2.61 bits per heavy atom. The lowest BCUT2D eigenvalue weighted by Gasteiger charge is -2.33. The summed E-state index contributed by atoms with van der Waals surface area (Å²) >= 11 is 0. The number of guanidine groups is 1. The van der Waals surface area contributed by atoms with Crippen molar-refractivity contribution in [1.29, 1.82) is 0 Å². The number of nitrogens with zero attached hydrogens (tertiary/aromatic N) is 3. The first-order valence-corrected chi connectivity index (χ1v) is 8.70. The number of aliphatic imine (C=N–C) groups is 1. The molecule has 2 fully saturated rings. The maximum absolute atomic E-state index is 4.39. The lowest BCUT2D eigenvalue weighted by Crippen LogP contribution is -2.50. The molecule has 0 bridgehead atoms. The van der Waals surface area contributed by atoms with Gasteiger partial charge in [0.25, 0.3) is 0 Å². The largest absolute Gasteiger partial charge is 0.356 e. The van der Waals surface area contributed by atoms with Crippen molar-refractivity contribution in [3.05, 3.63) is 12.7 Å². The summed E-state index contributed by atoms with van der Waals surface area (Å²) in [6.07, 6.45) is 7.00. The molecule has 0 aromatic rings. The number of rotatable bonds is 5. The molecule has 2 rings (SSSR count). The predicted molar refractivity (Wildman–Crippen MR) is 110 cm³/mol. The van der Waals surface area contributed by atoms with E-state index in [9.17, 15) is 0 Å². The van der Waals surface area contributed by atoms with Crippen LogP contribution in [0.25, 0.3) is 0 Å². The van der Waals surface area contributed by atoms with E-state index in [1.54, 1.807) is 0 Å². The van der Waals surface area contributed by atoms with Crippen molar-refractivity contribution in [2.45, 2.75) is 31.7 Å². The third kappa shape index (κ3) is 7.39. The van der Waals surface area contributed by atoms with Gasteiger partial charge in [-0.25, -0.2) is 0 Å². The minimum absolute atomic E-state index is 0. The van der Waals surface area contributed by atoms with Gasteiger partial charge in [0.1, 0.15) is 0 Å². The highest BCUT2D eigenvalue weighted by atomic mass is 127. The van der Waals surface area contributed by atoms with E-state index in [0.29, 0.717) is 6.04 Å². The number of hydrogen-bond donors (Lipinski definition) is 2. The molecule has 0 radical (unpaired) electrons. The van der Waals surface area contributed by atoms with Crippen LogP contribution < -0.4 is 10.6 Å². The summed E-state index contributed by atoms with van der Waals surface area (Å²) in [6.45, 7) is 10.6. The Morgan fingerprint density at radius 1 is 1.26 bits per heavy atom. The van der Waals surface area contributed by atoms with Crippen molar-refractivity contribution in [2.75, 3.05) is 53.4 Å². The van der Waals surface area contributed by atoms with Gasteiger partial charge in [-0.2, -0.15) is 0 Å². The van der Waals surface area contributed by atoms with Crippen LogP contribution in [0.4, 0.5) is 0 Å². The van der Waals surface area contributed by atoms with E-state index >= 15 is 0 Å². The molecular weight excluding hydrogens is 401 g/mol. The number of hydrogen-bond acceptors (Lipinski definition) is 3. The van der Waals surface area contributed by atoms with Crippen LogP contribution in [0.1, 0.15) is 25.7 Å². The molecule has 23 heavy (non-hydrogen) atoms. The van der Waals surface area contributed by atoms with E-state index < -0.39 is 0 Å². The second-order valence-electron chi connectivity index (χ2n) is 6.73. The maximum Gasteiger partial charge on any atom is 0.191 e. The molecule has 2 N–H and O–H groups in total. The summed E-state index contributed by atoms with van der Waals surface area (Å²) in [6, 6.07) is 0.543. The molecule has 2 saturated heterocycles. The van der Waals surface area contributed by atoms with Crippen LogP contribution in [0.15, 0.2) is 17.6 Å². The number of halogens is 1. The van der Waals surface area contributed by atoms with Crippen LogP contribution in [-0.2, 0) is 0 Å². The van der Waals surface area contributed by atoms with E-state index in [2.05, 4.69) is 39.1 Å². The van der Waals surface area contributed by atoms with Gasteiger partial charge in [0.2, 0.25) is 0 Å².